The number of carbonyl (C=O) groups is 1. The maximum atomic E-state index is 12.4. The number of amides is 1. The quantitative estimate of drug-likeness (QED) is 0.709. The first-order valence-electron chi connectivity index (χ1n) is 8.14. The number of sulfonamides is 1. The Balaban J connectivity index is 1.71. The molecule has 0 radical (unpaired) electrons. The van der Waals surface area contributed by atoms with Crippen LogP contribution in [0, 0.1) is 0 Å². The van der Waals surface area contributed by atoms with Crippen LogP contribution in [0.5, 0.6) is 0 Å². The Labute approximate surface area is 173 Å². The molecule has 1 atom stereocenters. The average molecular weight is 463 g/mol. The molecular formula is C17H16Cl2N2O5S2. The van der Waals surface area contributed by atoms with E-state index >= 15 is 0 Å². The molecule has 2 aromatic rings. The predicted octanol–water partition coefficient (Wildman–Crippen LogP) is 2.71. The molecule has 2 aromatic carbocycles. The standard InChI is InChI=1S/C17H16Cl2N2O5S2/c18-12-7-13(19)9-15(8-12)20-17(22)11-1-3-16(4-2-11)28(25,26)21-14-5-6-27(23,24)10-14/h1-4,7-9,14,21H,5-6,10H2,(H,20,22). The van der Waals surface area contributed by atoms with E-state index in [1.165, 1.54) is 42.5 Å². The zero-order valence-corrected chi connectivity index (χ0v) is 17.5. The van der Waals surface area contributed by atoms with Gasteiger partial charge in [0, 0.05) is 27.3 Å². The summed E-state index contributed by atoms with van der Waals surface area (Å²) in [5.74, 6) is -0.709. The van der Waals surface area contributed by atoms with E-state index in [4.69, 9.17) is 23.2 Å². The van der Waals surface area contributed by atoms with E-state index in [1.807, 2.05) is 0 Å². The lowest BCUT2D eigenvalue weighted by atomic mass is 10.2. The van der Waals surface area contributed by atoms with Crippen LogP contribution >= 0.6 is 23.2 Å². The Morgan fingerprint density at radius 2 is 1.64 bits per heavy atom. The van der Waals surface area contributed by atoms with Crippen LogP contribution in [0.2, 0.25) is 10.0 Å². The summed E-state index contributed by atoms with van der Waals surface area (Å²) in [5.41, 5.74) is 0.641. The van der Waals surface area contributed by atoms with Gasteiger partial charge >= 0.3 is 0 Å². The van der Waals surface area contributed by atoms with Gasteiger partial charge in [-0.15, -0.1) is 0 Å². The molecule has 1 amide bonds. The number of rotatable bonds is 5. The number of sulfone groups is 1. The Kier molecular flexibility index (Phi) is 6.02. The van der Waals surface area contributed by atoms with E-state index in [1.54, 1.807) is 0 Å². The van der Waals surface area contributed by atoms with Crippen molar-refractivity contribution in [3.05, 3.63) is 58.1 Å². The van der Waals surface area contributed by atoms with Crippen LogP contribution in [0.4, 0.5) is 5.69 Å². The summed E-state index contributed by atoms with van der Waals surface area (Å²) in [6, 6.07) is 9.24. The molecule has 7 nitrogen and oxygen atoms in total. The van der Waals surface area contributed by atoms with Gasteiger partial charge < -0.3 is 5.32 Å². The van der Waals surface area contributed by atoms with Crippen LogP contribution in [0.3, 0.4) is 0 Å². The number of carbonyl (C=O) groups excluding carboxylic acids is 1. The second-order valence-electron chi connectivity index (χ2n) is 6.36. The Morgan fingerprint density at radius 3 is 2.18 bits per heavy atom. The van der Waals surface area contributed by atoms with Gasteiger partial charge in [-0.2, -0.15) is 0 Å². The summed E-state index contributed by atoms with van der Waals surface area (Å²) in [6.45, 7) is 0. The molecule has 0 saturated carbocycles. The number of hydrogen-bond donors (Lipinski definition) is 2. The first-order valence-corrected chi connectivity index (χ1v) is 12.2. The van der Waals surface area contributed by atoms with Gasteiger partial charge in [-0.05, 0) is 48.9 Å². The molecule has 150 valence electrons. The van der Waals surface area contributed by atoms with Crippen LogP contribution in [-0.4, -0.2) is 40.3 Å². The minimum absolute atomic E-state index is 0.0349. The molecule has 1 saturated heterocycles. The third-order valence-corrected chi connectivity index (χ3v) is 7.84. The van der Waals surface area contributed by atoms with Crippen molar-refractivity contribution in [2.75, 3.05) is 16.8 Å². The van der Waals surface area contributed by atoms with Crippen LogP contribution in [-0.2, 0) is 19.9 Å². The highest BCUT2D eigenvalue weighted by molar-refractivity contribution is 7.92. The highest BCUT2D eigenvalue weighted by Crippen LogP contribution is 2.23. The minimum atomic E-state index is -3.89. The lowest BCUT2D eigenvalue weighted by Gasteiger charge is -2.12. The van der Waals surface area contributed by atoms with Crippen LogP contribution in [0.15, 0.2) is 47.4 Å². The Morgan fingerprint density at radius 1 is 1.04 bits per heavy atom. The number of benzene rings is 2. The average Bonchev–Trinajstić information content (AvgIpc) is 2.92. The molecule has 0 aromatic heterocycles. The summed E-state index contributed by atoms with van der Waals surface area (Å²) >= 11 is 11.8. The zero-order chi connectivity index (χ0) is 20.5. The molecule has 1 fully saturated rings. The van der Waals surface area contributed by atoms with Gasteiger partial charge in [0.2, 0.25) is 10.0 Å². The molecule has 0 spiro atoms. The van der Waals surface area contributed by atoms with E-state index in [2.05, 4.69) is 10.0 Å². The highest BCUT2D eigenvalue weighted by atomic mass is 35.5. The Bertz CT molecular complexity index is 1100. The fourth-order valence-corrected chi connectivity index (χ4v) is 6.37. The molecule has 3 rings (SSSR count). The molecule has 0 aliphatic carbocycles. The van der Waals surface area contributed by atoms with Crippen molar-refractivity contribution >= 4 is 54.7 Å². The van der Waals surface area contributed by atoms with Gasteiger partial charge in [0.1, 0.15) is 0 Å². The van der Waals surface area contributed by atoms with Gasteiger partial charge in [0.15, 0.2) is 9.84 Å². The van der Waals surface area contributed by atoms with Crippen molar-refractivity contribution in [1.82, 2.24) is 4.72 Å². The van der Waals surface area contributed by atoms with Crippen molar-refractivity contribution in [3.8, 4) is 0 Å². The maximum Gasteiger partial charge on any atom is 0.255 e. The van der Waals surface area contributed by atoms with E-state index in [-0.39, 0.29) is 28.4 Å². The van der Waals surface area contributed by atoms with Crippen molar-refractivity contribution in [2.45, 2.75) is 17.4 Å². The van der Waals surface area contributed by atoms with Crippen molar-refractivity contribution in [1.29, 1.82) is 0 Å². The largest absolute Gasteiger partial charge is 0.322 e. The first-order chi connectivity index (χ1) is 13.0. The molecule has 0 bridgehead atoms. The maximum absolute atomic E-state index is 12.4. The summed E-state index contributed by atoms with van der Waals surface area (Å²) in [7, 11) is -7.09. The first kappa shape index (κ1) is 21.1. The summed E-state index contributed by atoms with van der Waals surface area (Å²) in [4.78, 5) is 12.3. The molecule has 2 N–H and O–H groups in total. The fraction of sp³-hybridized carbons (Fsp3) is 0.235. The van der Waals surface area contributed by atoms with Crippen molar-refractivity contribution in [3.63, 3.8) is 0 Å². The molecule has 28 heavy (non-hydrogen) atoms. The Hall–Kier alpha value is -1.65. The summed E-state index contributed by atoms with van der Waals surface area (Å²) in [5, 5.41) is 3.36. The number of anilines is 1. The van der Waals surface area contributed by atoms with Gasteiger partial charge in [-0.1, -0.05) is 23.2 Å². The molecular weight excluding hydrogens is 447 g/mol. The SMILES string of the molecule is O=C(Nc1cc(Cl)cc(Cl)c1)c1ccc(S(=O)(=O)NC2CCS(=O)(=O)C2)cc1. The monoisotopic (exact) mass is 462 g/mol. The smallest absolute Gasteiger partial charge is 0.255 e. The molecule has 1 aliphatic rings. The number of hydrogen-bond acceptors (Lipinski definition) is 5. The van der Waals surface area contributed by atoms with Gasteiger partial charge in [-0.3, -0.25) is 4.79 Å². The van der Waals surface area contributed by atoms with E-state index in [9.17, 15) is 21.6 Å². The number of halogens is 2. The van der Waals surface area contributed by atoms with E-state index < -0.39 is 31.8 Å². The van der Waals surface area contributed by atoms with Crippen LogP contribution in [0.25, 0.3) is 0 Å². The summed E-state index contributed by atoms with van der Waals surface area (Å²) in [6.07, 6.45) is 0.240. The normalized spacial score (nSPS) is 18.7. The van der Waals surface area contributed by atoms with Gasteiger partial charge in [0.05, 0.1) is 16.4 Å². The lowest BCUT2D eigenvalue weighted by molar-refractivity contribution is 0.102. The topological polar surface area (TPSA) is 109 Å². The highest BCUT2D eigenvalue weighted by Gasteiger charge is 2.31. The third kappa shape index (κ3) is 5.24. The molecule has 11 heteroatoms. The molecule has 1 heterocycles. The predicted molar refractivity (Wildman–Crippen MR) is 108 cm³/mol. The van der Waals surface area contributed by atoms with Crippen molar-refractivity contribution < 1.29 is 21.6 Å². The summed E-state index contributed by atoms with van der Waals surface area (Å²) < 4.78 is 50.2. The second-order valence-corrected chi connectivity index (χ2v) is 11.2. The molecule has 1 unspecified atom stereocenters. The van der Waals surface area contributed by atoms with Gasteiger partial charge in [0.25, 0.3) is 5.91 Å². The second kappa shape index (κ2) is 8.00. The van der Waals surface area contributed by atoms with Crippen LogP contribution in [0.1, 0.15) is 16.8 Å². The third-order valence-electron chi connectivity index (χ3n) is 4.10. The van der Waals surface area contributed by atoms with Crippen LogP contribution < -0.4 is 10.0 Å². The zero-order valence-electron chi connectivity index (χ0n) is 14.4. The van der Waals surface area contributed by atoms with E-state index in [0.717, 1.165) is 0 Å². The fourth-order valence-electron chi connectivity index (χ4n) is 2.79. The number of nitrogens with one attached hydrogen (secondary N) is 2. The molecule has 1 aliphatic heterocycles. The van der Waals surface area contributed by atoms with Crippen molar-refractivity contribution in [2.24, 2.45) is 0 Å². The van der Waals surface area contributed by atoms with Gasteiger partial charge in [-0.25, -0.2) is 21.6 Å². The van der Waals surface area contributed by atoms with E-state index in [0.29, 0.717) is 15.7 Å². The minimum Gasteiger partial charge on any atom is -0.322 e. The lowest BCUT2D eigenvalue weighted by Crippen LogP contribution is -2.35.